The van der Waals surface area contributed by atoms with Crippen LogP contribution in [-0.4, -0.2) is 42.0 Å². The van der Waals surface area contributed by atoms with E-state index in [-0.39, 0.29) is 5.91 Å². The smallest absolute Gasteiger partial charge is 0.265 e. The van der Waals surface area contributed by atoms with E-state index in [0.717, 1.165) is 36.8 Å². The van der Waals surface area contributed by atoms with Crippen molar-refractivity contribution in [2.75, 3.05) is 26.2 Å². The molecule has 2 rings (SSSR count). The summed E-state index contributed by atoms with van der Waals surface area (Å²) in [4.78, 5) is 19.3. The van der Waals surface area contributed by atoms with Crippen molar-refractivity contribution in [3.63, 3.8) is 0 Å². The molecule has 100 valence electrons. The average molecular weight is 267 g/mol. The Morgan fingerprint density at radius 3 is 2.83 bits per heavy atom. The monoisotopic (exact) mass is 267 g/mol. The summed E-state index contributed by atoms with van der Waals surface area (Å²) in [6, 6.07) is 0. The van der Waals surface area contributed by atoms with Crippen LogP contribution in [0.5, 0.6) is 0 Å². The van der Waals surface area contributed by atoms with Gasteiger partial charge in [-0.3, -0.25) is 4.79 Å². The van der Waals surface area contributed by atoms with Gasteiger partial charge in [-0.15, -0.1) is 11.3 Å². The van der Waals surface area contributed by atoms with E-state index in [1.165, 1.54) is 24.2 Å². The summed E-state index contributed by atoms with van der Waals surface area (Å²) in [6.45, 7) is 7.78. The number of piperidine rings is 1. The molecular formula is C13H21N3OS. The van der Waals surface area contributed by atoms with Crippen molar-refractivity contribution >= 4 is 17.2 Å². The summed E-state index contributed by atoms with van der Waals surface area (Å²) in [5.74, 6) is 0.791. The number of hydrogen-bond acceptors (Lipinski definition) is 4. The number of nitrogens with one attached hydrogen (secondary N) is 1. The highest BCUT2D eigenvalue weighted by Crippen LogP contribution is 2.18. The Bertz CT molecular complexity index is 399. The third-order valence-corrected chi connectivity index (χ3v) is 4.46. The molecule has 0 saturated carbocycles. The van der Waals surface area contributed by atoms with Crippen LogP contribution in [0.3, 0.4) is 0 Å². The molecule has 5 heteroatoms. The van der Waals surface area contributed by atoms with Gasteiger partial charge in [0.25, 0.3) is 5.91 Å². The lowest BCUT2D eigenvalue weighted by Crippen LogP contribution is -2.39. The van der Waals surface area contributed by atoms with E-state index in [1.54, 1.807) is 5.51 Å². The molecule has 2 heterocycles. The first-order chi connectivity index (χ1) is 8.72. The maximum absolute atomic E-state index is 12.4. The van der Waals surface area contributed by atoms with Gasteiger partial charge in [-0.25, -0.2) is 4.98 Å². The molecule has 1 aromatic heterocycles. The lowest BCUT2D eigenvalue weighted by Gasteiger charge is -2.29. The van der Waals surface area contributed by atoms with Crippen molar-refractivity contribution in [3.8, 4) is 0 Å². The van der Waals surface area contributed by atoms with Gasteiger partial charge >= 0.3 is 0 Å². The molecule has 0 bridgehead atoms. The van der Waals surface area contributed by atoms with Gasteiger partial charge < -0.3 is 10.2 Å². The second-order valence-corrected chi connectivity index (χ2v) is 5.66. The first kappa shape index (κ1) is 13.5. The molecule has 1 aromatic rings. The standard InChI is InChI=1S/C13H21N3OS/c1-3-16(8-11-4-6-14-7-5-11)13(17)12-10(2)15-9-18-12/h9,11,14H,3-8H2,1-2H3. The number of thiazole rings is 1. The van der Waals surface area contributed by atoms with Crippen LogP contribution < -0.4 is 5.32 Å². The molecule has 18 heavy (non-hydrogen) atoms. The summed E-state index contributed by atoms with van der Waals surface area (Å²) in [5, 5.41) is 3.36. The van der Waals surface area contributed by atoms with Crippen LogP contribution in [-0.2, 0) is 0 Å². The van der Waals surface area contributed by atoms with Gasteiger partial charge in [0.05, 0.1) is 11.2 Å². The van der Waals surface area contributed by atoms with Crippen LogP contribution in [0, 0.1) is 12.8 Å². The Kier molecular flexibility index (Phi) is 4.72. The van der Waals surface area contributed by atoms with Crippen LogP contribution in [0.1, 0.15) is 35.1 Å². The molecule has 1 aliphatic heterocycles. The van der Waals surface area contributed by atoms with E-state index in [4.69, 9.17) is 0 Å². The lowest BCUT2D eigenvalue weighted by molar-refractivity contribution is 0.0730. The first-order valence-corrected chi connectivity index (χ1v) is 7.50. The average Bonchev–Trinajstić information content (AvgIpc) is 2.82. The molecule has 0 radical (unpaired) electrons. The Morgan fingerprint density at radius 2 is 2.28 bits per heavy atom. The number of carbonyl (C=O) groups is 1. The molecule has 1 fully saturated rings. The van der Waals surface area contributed by atoms with E-state index >= 15 is 0 Å². The minimum atomic E-state index is 0.149. The minimum Gasteiger partial charge on any atom is -0.338 e. The Labute approximate surface area is 112 Å². The number of hydrogen-bond donors (Lipinski definition) is 1. The highest BCUT2D eigenvalue weighted by Gasteiger charge is 2.22. The lowest BCUT2D eigenvalue weighted by atomic mass is 9.97. The highest BCUT2D eigenvalue weighted by molar-refractivity contribution is 7.11. The van der Waals surface area contributed by atoms with Crippen LogP contribution in [0.4, 0.5) is 0 Å². The second kappa shape index (κ2) is 6.29. The summed E-state index contributed by atoms with van der Waals surface area (Å²) in [6.07, 6.45) is 2.34. The highest BCUT2D eigenvalue weighted by atomic mass is 32.1. The van der Waals surface area contributed by atoms with Crippen LogP contribution in [0.25, 0.3) is 0 Å². The molecule has 0 aromatic carbocycles. The van der Waals surface area contributed by atoms with Crippen LogP contribution in [0.15, 0.2) is 5.51 Å². The Morgan fingerprint density at radius 1 is 1.56 bits per heavy atom. The second-order valence-electron chi connectivity index (χ2n) is 4.80. The van der Waals surface area contributed by atoms with Gasteiger partial charge in [-0.05, 0) is 45.7 Å². The van der Waals surface area contributed by atoms with Gasteiger partial charge in [0.1, 0.15) is 4.88 Å². The zero-order valence-electron chi connectivity index (χ0n) is 11.1. The van der Waals surface area contributed by atoms with Crippen molar-refractivity contribution in [2.45, 2.75) is 26.7 Å². The van der Waals surface area contributed by atoms with Gasteiger partial charge in [-0.2, -0.15) is 0 Å². The van der Waals surface area contributed by atoms with E-state index in [9.17, 15) is 4.79 Å². The molecule has 0 unspecified atom stereocenters. The Hall–Kier alpha value is -0.940. The number of carbonyl (C=O) groups excluding carboxylic acids is 1. The van der Waals surface area contributed by atoms with Gasteiger partial charge in [0, 0.05) is 13.1 Å². The van der Waals surface area contributed by atoms with Crippen molar-refractivity contribution in [3.05, 3.63) is 16.1 Å². The molecule has 1 aliphatic rings. The van der Waals surface area contributed by atoms with Crippen molar-refractivity contribution < 1.29 is 4.79 Å². The molecule has 1 N–H and O–H groups in total. The third kappa shape index (κ3) is 3.09. The number of nitrogens with zero attached hydrogens (tertiary/aromatic N) is 2. The van der Waals surface area contributed by atoms with E-state index < -0.39 is 0 Å². The molecule has 4 nitrogen and oxygen atoms in total. The predicted molar refractivity (Wildman–Crippen MR) is 74.0 cm³/mol. The van der Waals surface area contributed by atoms with E-state index in [2.05, 4.69) is 17.2 Å². The molecule has 1 saturated heterocycles. The minimum absolute atomic E-state index is 0.149. The number of aryl methyl sites for hydroxylation is 1. The number of rotatable bonds is 4. The van der Waals surface area contributed by atoms with Crippen LogP contribution in [0.2, 0.25) is 0 Å². The van der Waals surface area contributed by atoms with E-state index in [1.807, 2.05) is 11.8 Å². The fourth-order valence-electron chi connectivity index (χ4n) is 2.38. The maximum atomic E-state index is 12.4. The van der Waals surface area contributed by atoms with Crippen molar-refractivity contribution in [1.29, 1.82) is 0 Å². The summed E-state index contributed by atoms with van der Waals surface area (Å²) < 4.78 is 0. The summed E-state index contributed by atoms with van der Waals surface area (Å²) in [5.41, 5.74) is 2.61. The van der Waals surface area contributed by atoms with Crippen LogP contribution >= 0.6 is 11.3 Å². The predicted octanol–water partition coefficient (Wildman–Crippen LogP) is 1.91. The fourth-order valence-corrected chi connectivity index (χ4v) is 3.15. The van der Waals surface area contributed by atoms with Crippen molar-refractivity contribution in [2.24, 2.45) is 5.92 Å². The van der Waals surface area contributed by atoms with Crippen molar-refractivity contribution in [1.82, 2.24) is 15.2 Å². The van der Waals surface area contributed by atoms with E-state index in [0.29, 0.717) is 5.92 Å². The van der Waals surface area contributed by atoms with Gasteiger partial charge in [0.2, 0.25) is 0 Å². The molecular weight excluding hydrogens is 246 g/mol. The number of amides is 1. The summed E-state index contributed by atoms with van der Waals surface area (Å²) >= 11 is 1.45. The van der Waals surface area contributed by atoms with Gasteiger partial charge in [-0.1, -0.05) is 0 Å². The SMILES string of the molecule is CCN(CC1CCNCC1)C(=O)c1scnc1C. The fraction of sp³-hybridized carbons (Fsp3) is 0.692. The van der Waals surface area contributed by atoms with Gasteiger partial charge in [0.15, 0.2) is 0 Å². The Balaban J connectivity index is 1.99. The number of aromatic nitrogens is 1. The maximum Gasteiger partial charge on any atom is 0.265 e. The third-order valence-electron chi connectivity index (χ3n) is 3.55. The summed E-state index contributed by atoms with van der Waals surface area (Å²) in [7, 11) is 0. The zero-order valence-corrected chi connectivity index (χ0v) is 11.9. The first-order valence-electron chi connectivity index (χ1n) is 6.62. The normalized spacial score (nSPS) is 16.8. The molecule has 0 aliphatic carbocycles. The topological polar surface area (TPSA) is 45.2 Å². The molecule has 1 amide bonds. The molecule has 0 atom stereocenters. The zero-order chi connectivity index (χ0) is 13.0. The molecule has 0 spiro atoms. The quantitative estimate of drug-likeness (QED) is 0.906. The largest absolute Gasteiger partial charge is 0.338 e.